The number of nitrogens with zero attached hydrogens (tertiary/aromatic N) is 2. The van der Waals surface area contributed by atoms with Crippen LogP contribution < -0.4 is 11.1 Å². The molecule has 3 aromatic carbocycles. The van der Waals surface area contributed by atoms with Gasteiger partial charge in [-0.1, -0.05) is 78.9 Å². The van der Waals surface area contributed by atoms with Crippen LogP contribution in [0.15, 0.2) is 96.1 Å². The molecule has 3 N–H and O–H groups in total. The molecule has 0 aliphatic carbocycles. The van der Waals surface area contributed by atoms with Crippen LogP contribution in [0.25, 0.3) is 5.70 Å². The van der Waals surface area contributed by atoms with Gasteiger partial charge in [-0.05, 0) is 28.3 Å². The van der Waals surface area contributed by atoms with Crippen molar-refractivity contribution in [3.05, 3.63) is 113 Å². The molecule has 1 aliphatic heterocycles. The Morgan fingerprint density at radius 3 is 2.23 bits per heavy atom. The van der Waals surface area contributed by atoms with Crippen LogP contribution in [0.1, 0.15) is 28.2 Å². The molecule has 0 radical (unpaired) electrons. The zero-order valence-electron chi connectivity index (χ0n) is 17.3. The predicted octanol–water partition coefficient (Wildman–Crippen LogP) is 4.21. The van der Waals surface area contributed by atoms with Gasteiger partial charge in [0.2, 0.25) is 0 Å². The van der Waals surface area contributed by atoms with E-state index >= 15 is 0 Å². The third-order valence-electron chi connectivity index (χ3n) is 5.47. The number of aliphatic imine (C=N–C) groups is 1. The van der Waals surface area contributed by atoms with Crippen LogP contribution in [0.2, 0.25) is 0 Å². The van der Waals surface area contributed by atoms with Crippen LogP contribution in [0.4, 0.5) is 0 Å². The molecule has 0 saturated carbocycles. The fourth-order valence-electron chi connectivity index (χ4n) is 3.91. The summed E-state index contributed by atoms with van der Waals surface area (Å²) in [6.45, 7) is 2.35. The van der Waals surface area contributed by atoms with Gasteiger partial charge in [-0.15, -0.1) is 0 Å². The summed E-state index contributed by atoms with van der Waals surface area (Å²) in [5.41, 5.74) is 12.0. The molecule has 0 aromatic heterocycles. The largest absolute Gasteiger partial charge is 0.386 e. The van der Waals surface area contributed by atoms with Crippen molar-refractivity contribution in [3.8, 4) is 0 Å². The van der Waals surface area contributed by atoms with E-state index in [-0.39, 0.29) is 0 Å². The van der Waals surface area contributed by atoms with Gasteiger partial charge in [0, 0.05) is 26.1 Å². The van der Waals surface area contributed by atoms with Crippen LogP contribution in [-0.4, -0.2) is 30.9 Å². The van der Waals surface area contributed by atoms with Crippen molar-refractivity contribution in [2.75, 3.05) is 20.1 Å². The van der Waals surface area contributed by atoms with Crippen molar-refractivity contribution in [3.63, 3.8) is 0 Å². The first-order valence-electron chi connectivity index (χ1n) is 10.3. The van der Waals surface area contributed by atoms with Gasteiger partial charge >= 0.3 is 0 Å². The molecule has 152 valence electrons. The molecule has 0 unspecified atom stereocenters. The Hall–Kier alpha value is -3.37. The van der Waals surface area contributed by atoms with Crippen molar-refractivity contribution in [1.82, 2.24) is 10.2 Å². The van der Waals surface area contributed by atoms with Gasteiger partial charge in [0.05, 0.1) is 18.4 Å². The van der Waals surface area contributed by atoms with E-state index in [4.69, 9.17) is 5.73 Å². The summed E-state index contributed by atoms with van der Waals surface area (Å²) < 4.78 is 0. The van der Waals surface area contributed by atoms with Crippen molar-refractivity contribution in [2.45, 2.75) is 12.5 Å². The summed E-state index contributed by atoms with van der Waals surface area (Å²) in [4.78, 5) is 6.43. The second-order valence-electron chi connectivity index (χ2n) is 7.70. The van der Waals surface area contributed by atoms with Gasteiger partial charge in [-0.25, -0.2) is 4.99 Å². The quantitative estimate of drug-likeness (QED) is 0.629. The molecule has 0 fully saturated rings. The van der Waals surface area contributed by atoms with Gasteiger partial charge in [-0.2, -0.15) is 0 Å². The molecule has 0 saturated heterocycles. The lowest BCUT2D eigenvalue weighted by Crippen LogP contribution is -2.32. The van der Waals surface area contributed by atoms with Gasteiger partial charge in [0.25, 0.3) is 0 Å². The van der Waals surface area contributed by atoms with Gasteiger partial charge in [-0.3, -0.25) is 0 Å². The predicted molar refractivity (Wildman–Crippen MR) is 125 cm³/mol. The Morgan fingerprint density at radius 2 is 1.60 bits per heavy atom. The van der Waals surface area contributed by atoms with E-state index in [1.165, 1.54) is 16.7 Å². The summed E-state index contributed by atoms with van der Waals surface area (Å²) in [6, 6.07) is 30.0. The third kappa shape index (κ3) is 4.78. The summed E-state index contributed by atoms with van der Waals surface area (Å²) in [5, 5.41) is 3.67. The minimum atomic E-state index is 0.320. The van der Waals surface area contributed by atoms with Crippen LogP contribution in [0.3, 0.4) is 0 Å². The van der Waals surface area contributed by atoms with Crippen molar-refractivity contribution in [1.29, 1.82) is 0 Å². The zero-order valence-corrected chi connectivity index (χ0v) is 17.3. The number of nitrogens with one attached hydrogen (secondary N) is 1. The fraction of sp³-hybridized carbons (Fsp3) is 0.192. The molecule has 0 spiro atoms. The SMILES string of the molecule is CN1CC(N)=NC=C1c1cccc(CNCC(c2ccccc2)c2ccccc2)c1. The number of hydrogen-bond acceptors (Lipinski definition) is 4. The van der Waals surface area contributed by atoms with E-state index in [0.717, 1.165) is 24.4 Å². The Labute approximate surface area is 178 Å². The van der Waals surface area contributed by atoms with Gasteiger partial charge in [0.15, 0.2) is 0 Å². The molecule has 4 heteroatoms. The van der Waals surface area contributed by atoms with Crippen molar-refractivity contribution < 1.29 is 0 Å². The lowest BCUT2D eigenvalue weighted by molar-refractivity contribution is 0.542. The first kappa shape index (κ1) is 19.9. The molecule has 0 bridgehead atoms. The van der Waals surface area contributed by atoms with Crippen LogP contribution in [0, 0.1) is 0 Å². The van der Waals surface area contributed by atoms with E-state index in [1.54, 1.807) is 0 Å². The highest BCUT2D eigenvalue weighted by Crippen LogP contribution is 2.24. The number of amidine groups is 1. The Bertz CT molecular complexity index is 986. The van der Waals surface area contributed by atoms with E-state index in [2.05, 4.69) is 100 Å². The fourth-order valence-corrected chi connectivity index (χ4v) is 3.91. The Morgan fingerprint density at radius 1 is 0.933 bits per heavy atom. The lowest BCUT2D eigenvalue weighted by atomic mass is 9.91. The van der Waals surface area contributed by atoms with E-state index in [0.29, 0.717) is 18.3 Å². The molecule has 30 heavy (non-hydrogen) atoms. The van der Waals surface area contributed by atoms with Crippen LogP contribution >= 0.6 is 0 Å². The number of likely N-dealkylation sites (N-methyl/N-ethyl adjacent to an activating group) is 1. The van der Waals surface area contributed by atoms with Crippen LogP contribution in [-0.2, 0) is 6.54 Å². The maximum Gasteiger partial charge on any atom is 0.119 e. The molecule has 0 amide bonds. The normalized spacial score (nSPS) is 13.9. The minimum Gasteiger partial charge on any atom is -0.386 e. The highest BCUT2D eigenvalue weighted by atomic mass is 15.2. The standard InChI is InChI=1S/C26H28N4/c1-30-19-26(27)29-18-25(30)23-14-8-9-20(15-23)16-28-17-24(21-10-4-2-5-11-21)22-12-6-3-7-13-22/h2-15,18,24,28H,16-17,19H2,1H3,(H2,27,29). The lowest BCUT2D eigenvalue weighted by Gasteiger charge is -2.25. The zero-order chi connectivity index (χ0) is 20.8. The maximum absolute atomic E-state index is 5.84. The second-order valence-corrected chi connectivity index (χ2v) is 7.70. The monoisotopic (exact) mass is 396 g/mol. The molecule has 4 nitrogen and oxygen atoms in total. The molecular formula is C26H28N4. The minimum absolute atomic E-state index is 0.320. The summed E-state index contributed by atoms with van der Waals surface area (Å²) in [6.07, 6.45) is 1.85. The van der Waals surface area contributed by atoms with Gasteiger partial charge in [0.1, 0.15) is 5.84 Å². The number of rotatable bonds is 7. The average molecular weight is 397 g/mol. The number of nitrogens with two attached hydrogens (primary N) is 1. The van der Waals surface area contributed by atoms with E-state index in [9.17, 15) is 0 Å². The Balaban J connectivity index is 1.46. The second kappa shape index (κ2) is 9.42. The third-order valence-corrected chi connectivity index (χ3v) is 5.47. The first-order valence-corrected chi connectivity index (χ1v) is 10.3. The summed E-state index contributed by atoms with van der Waals surface area (Å²) >= 11 is 0. The number of benzene rings is 3. The highest BCUT2D eigenvalue weighted by Gasteiger charge is 2.15. The molecular weight excluding hydrogens is 368 g/mol. The van der Waals surface area contributed by atoms with Gasteiger partial charge < -0.3 is 16.0 Å². The molecule has 1 aliphatic rings. The van der Waals surface area contributed by atoms with Crippen LogP contribution in [0.5, 0.6) is 0 Å². The molecule has 0 atom stereocenters. The summed E-state index contributed by atoms with van der Waals surface area (Å²) in [7, 11) is 2.04. The highest BCUT2D eigenvalue weighted by molar-refractivity contribution is 5.87. The maximum atomic E-state index is 5.84. The summed E-state index contributed by atoms with van der Waals surface area (Å²) in [5.74, 6) is 0.965. The smallest absolute Gasteiger partial charge is 0.119 e. The Kier molecular flexibility index (Phi) is 6.26. The molecule has 3 aromatic rings. The van der Waals surface area contributed by atoms with E-state index in [1.807, 2.05) is 13.2 Å². The molecule has 4 rings (SSSR count). The van der Waals surface area contributed by atoms with Crippen molar-refractivity contribution >= 4 is 11.5 Å². The average Bonchev–Trinajstić information content (AvgIpc) is 2.78. The van der Waals surface area contributed by atoms with Crippen molar-refractivity contribution in [2.24, 2.45) is 10.7 Å². The first-order chi connectivity index (χ1) is 14.7. The van der Waals surface area contributed by atoms with E-state index < -0.39 is 0 Å². The topological polar surface area (TPSA) is 53.6 Å². The molecule has 1 heterocycles. The number of hydrogen-bond donors (Lipinski definition) is 2.